The fourth-order valence-electron chi connectivity index (χ4n) is 3.90. The van der Waals surface area contributed by atoms with Crippen LogP contribution in [-0.2, 0) is 16.1 Å². The summed E-state index contributed by atoms with van der Waals surface area (Å²) in [7, 11) is 1.44. The number of carbonyl (C=O) groups excluding carboxylic acids is 2. The summed E-state index contributed by atoms with van der Waals surface area (Å²) in [5.41, 5.74) is 1.74. The number of aromatic nitrogens is 1. The number of rotatable bonds is 5. The molecule has 0 spiro atoms. The van der Waals surface area contributed by atoms with Gasteiger partial charge in [0.15, 0.2) is 0 Å². The van der Waals surface area contributed by atoms with Gasteiger partial charge in [0.1, 0.15) is 17.3 Å². The SMILES string of the molecule is COc1ccc(C)cc1/C(O)=C1\C(=O)C(=O)N(Cc2ccncc2)C1c1ccccc1F. The van der Waals surface area contributed by atoms with Crippen LogP contribution in [0.3, 0.4) is 0 Å². The van der Waals surface area contributed by atoms with E-state index in [1.165, 1.54) is 30.2 Å². The molecule has 1 amide bonds. The third-order valence-corrected chi connectivity index (χ3v) is 5.45. The Morgan fingerprint density at radius 3 is 2.53 bits per heavy atom. The molecule has 6 nitrogen and oxygen atoms in total. The highest BCUT2D eigenvalue weighted by molar-refractivity contribution is 6.46. The second-order valence-corrected chi connectivity index (χ2v) is 7.51. The fraction of sp³-hybridized carbons (Fsp3) is 0.160. The molecular weight excluding hydrogens is 411 g/mol. The molecule has 3 aromatic rings. The molecule has 1 aliphatic heterocycles. The van der Waals surface area contributed by atoms with Gasteiger partial charge in [-0.2, -0.15) is 0 Å². The van der Waals surface area contributed by atoms with E-state index in [0.717, 1.165) is 11.1 Å². The molecule has 1 atom stereocenters. The Balaban J connectivity index is 1.93. The Kier molecular flexibility index (Phi) is 5.73. The molecule has 1 aliphatic rings. The summed E-state index contributed by atoms with van der Waals surface area (Å²) in [4.78, 5) is 31.4. The molecule has 4 rings (SSSR count). The Bertz CT molecular complexity index is 1220. The molecule has 0 bridgehead atoms. The summed E-state index contributed by atoms with van der Waals surface area (Å²) in [6.45, 7) is 1.88. The molecule has 2 heterocycles. The minimum Gasteiger partial charge on any atom is -0.507 e. The maximum atomic E-state index is 14.9. The lowest BCUT2D eigenvalue weighted by atomic mass is 9.94. The smallest absolute Gasteiger partial charge is 0.295 e. The number of nitrogens with zero attached hydrogens (tertiary/aromatic N) is 2. The summed E-state index contributed by atoms with van der Waals surface area (Å²) < 4.78 is 20.2. The number of carbonyl (C=O) groups is 2. The molecule has 1 N–H and O–H groups in total. The predicted octanol–water partition coefficient (Wildman–Crippen LogP) is 4.16. The van der Waals surface area contributed by atoms with Crippen molar-refractivity contribution in [1.29, 1.82) is 0 Å². The van der Waals surface area contributed by atoms with Crippen molar-refractivity contribution in [1.82, 2.24) is 9.88 Å². The number of amides is 1. The second-order valence-electron chi connectivity index (χ2n) is 7.51. The van der Waals surface area contributed by atoms with E-state index >= 15 is 0 Å². The summed E-state index contributed by atoms with van der Waals surface area (Å²) in [6, 6.07) is 13.3. The summed E-state index contributed by atoms with van der Waals surface area (Å²) >= 11 is 0. The first-order chi connectivity index (χ1) is 15.4. The molecule has 1 saturated heterocycles. The van der Waals surface area contributed by atoms with E-state index in [0.29, 0.717) is 5.75 Å². The summed E-state index contributed by atoms with van der Waals surface area (Å²) in [5.74, 6) is -2.35. The van der Waals surface area contributed by atoms with Gasteiger partial charge in [-0.05, 0) is 42.8 Å². The quantitative estimate of drug-likeness (QED) is 0.372. The molecule has 1 aromatic heterocycles. The highest BCUT2D eigenvalue weighted by atomic mass is 19.1. The van der Waals surface area contributed by atoms with Gasteiger partial charge in [0.05, 0.1) is 24.3 Å². The van der Waals surface area contributed by atoms with Crippen molar-refractivity contribution in [2.24, 2.45) is 0 Å². The lowest BCUT2D eigenvalue weighted by Crippen LogP contribution is -2.29. The number of aryl methyl sites for hydroxylation is 1. The van der Waals surface area contributed by atoms with Gasteiger partial charge in [-0.3, -0.25) is 14.6 Å². The number of ether oxygens (including phenoxy) is 1. The number of methoxy groups -OCH3 is 1. The van der Waals surface area contributed by atoms with E-state index in [2.05, 4.69) is 4.98 Å². The van der Waals surface area contributed by atoms with Crippen molar-refractivity contribution < 1.29 is 23.8 Å². The van der Waals surface area contributed by atoms with Gasteiger partial charge in [-0.25, -0.2) is 4.39 Å². The maximum Gasteiger partial charge on any atom is 0.295 e. The largest absolute Gasteiger partial charge is 0.507 e. The molecule has 32 heavy (non-hydrogen) atoms. The molecule has 2 aromatic carbocycles. The third kappa shape index (κ3) is 3.73. The zero-order chi connectivity index (χ0) is 22.8. The minimum absolute atomic E-state index is 0.0494. The van der Waals surface area contributed by atoms with Crippen molar-refractivity contribution in [2.75, 3.05) is 7.11 Å². The monoisotopic (exact) mass is 432 g/mol. The number of hydrogen-bond acceptors (Lipinski definition) is 5. The highest BCUT2D eigenvalue weighted by Crippen LogP contribution is 2.42. The van der Waals surface area contributed by atoms with Crippen LogP contribution in [0.15, 0.2) is 72.6 Å². The zero-order valence-electron chi connectivity index (χ0n) is 17.6. The van der Waals surface area contributed by atoms with Crippen LogP contribution in [0.2, 0.25) is 0 Å². The van der Waals surface area contributed by atoms with E-state index in [-0.39, 0.29) is 23.2 Å². The topological polar surface area (TPSA) is 79.7 Å². The molecular formula is C25H21FN2O4. The first-order valence-electron chi connectivity index (χ1n) is 9.99. The van der Waals surface area contributed by atoms with Crippen LogP contribution >= 0.6 is 0 Å². The van der Waals surface area contributed by atoms with Crippen LogP contribution in [0.4, 0.5) is 4.39 Å². The standard InChI is InChI=1S/C25H21FN2O4/c1-15-7-8-20(32-2)18(13-15)23(29)21-22(17-5-3-4-6-19(17)26)28(25(31)24(21)30)14-16-9-11-27-12-10-16/h3-13,22,29H,14H2,1-2H3/b23-21+. The first-order valence-corrected chi connectivity index (χ1v) is 9.99. The normalized spacial score (nSPS) is 17.6. The van der Waals surface area contributed by atoms with Crippen LogP contribution in [-0.4, -0.2) is 33.8 Å². The van der Waals surface area contributed by atoms with Gasteiger partial charge in [-0.1, -0.05) is 29.8 Å². The minimum atomic E-state index is -1.10. The van der Waals surface area contributed by atoms with E-state index in [4.69, 9.17) is 4.74 Å². The average Bonchev–Trinajstić information content (AvgIpc) is 3.04. The Morgan fingerprint density at radius 1 is 1.12 bits per heavy atom. The molecule has 0 saturated carbocycles. The summed E-state index contributed by atoms with van der Waals surface area (Å²) in [6.07, 6.45) is 3.14. The Morgan fingerprint density at radius 2 is 1.84 bits per heavy atom. The lowest BCUT2D eigenvalue weighted by molar-refractivity contribution is -0.140. The molecule has 162 valence electrons. The molecule has 0 radical (unpaired) electrons. The Hall–Kier alpha value is -4.00. The number of pyridine rings is 1. The zero-order valence-corrected chi connectivity index (χ0v) is 17.6. The van der Waals surface area contributed by atoms with Gasteiger partial charge >= 0.3 is 0 Å². The van der Waals surface area contributed by atoms with Crippen LogP contribution in [0.1, 0.15) is 28.3 Å². The van der Waals surface area contributed by atoms with Gasteiger partial charge in [0, 0.05) is 24.5 Å². The van der Waals surface area contributed by atoms with Crippen LogP contribution in [0, 0.1) is 12.7 Å². The van der Waals surface area contributed by atoms with Gasteiger partial charge in [0.2, 0.25) is 0 Å². The molecule has 1 unspecified atom stereocenters. The number of benzene rings is 2. The highest BCUT2D eigenvalue weighted by Gasteiger charge is 2.47. The molecule has 1 fully saturated rings. The lowest BCUT2D eigenvalue weighted by Gasteiger charge is -2.26. The van der Waals surface area contributed by atoms with Gasteiger partial charge in [-0.15, -0.1) is 0 Å². The number of aliphatic hydroxyl groups is 1. The third-order valence-electron chi connectivity index (χ3n) is 5.45. The van der Waals surface area contributed by atoms with Crippen molar-refractivity contribution in [2.45, 2.75) is 19.5 Å². The van der Waals surface area contributed by atoms with E-state index < -0.39 is 29.3 Å². The van der Waals surface area contributed by atoms with Crippen LogP contribution in [0.5, 0.6) is 5.75 Å². The predicted molar refractivity (Wildman–Crippen MR) is 116 cm³/mol. The second kappa shape index (κ2) is 8.63. The van der Waals surface area contributed by atoms with Gasteiger partial charge in [0.25, 0.3) is 11.7 Å². The number of ketones is 1. The van der Waals surface area contributed by atoms with Crippen LogP contribution < -0.4 is 4.74 Å². The van der Waals surface area contributed by atoms with E-state index in [9.17, 15) is 19.1 Å². The van der Waals surface area contributed by atoms with Gasteiger partial charge < -0.3 is 14.7 Å². The summed E-state index contributed by atoms with van der Waals surface area (Å²) in [5, 5.41) is 11.2. The number of aliphatic hydroxyl groups excluding tert-OH is 1. The van der Waals surface area contributed by atoms with E-state index in [1.807, 2.05) is 6.92 Å². The fourth-order valence-corrected chi connectivity index (χ4v) is 3.90. The van der Waals surface area contributed by atoms with Crippen molar-refractivity contribution in [3.63, 3.8) is 0 Å². The van der Waals surface area contributed by atoms with E-state index in [1.54, 1.807) is 48.8 Å². The Labute approximate surface area is 184 Å². The molecule has 7 heteroatoms. The number of hydrogen-bond donors (Lipinski definition) is 1. The number of halogens is 1. The maximum absolute atomic E-state index is 14.9. The number of Topliss-reactive ketones (excluding diaryl/α,β-unsaturated/α-hetero) is 1. The molecule has 0 aliphatic carbocycles. The van der Waals surface area contributed by atoms with Crippen molar-refractivity contribution in [3.8, 4) is 5.75 Å². The van der Waals surface area contributed by atoms with Crippen molar-refractivity contribution >= 4 is 17.4 Å². The average molecular weight is 432 g/mol. The number of likely N-dealkylation sites (tertiary alicyclic amines) is 1. The van der Waals surface area contributed by atoms with Crippen LogP contribution in [0.25, 0.3) is 5.76 Å². The first kappa shape index (κ1) is 21.2. The van der Waals surface area contributed by atoms with Crippen molar-refractivity contribution in [3.05, 3.63) is 101 Å².